The molecular weight excluding hydrogens is 188 g/mol. The number of nitrogens with one attached hydrogen (secondary N) is 1. The average molecular weight is 202 g/mol. The number of rotatable bonds is 3. The van der Waals surface area contributed by atoms with Gasteiger partial charge in [-0.25, -0.2) is 4.79 Å². The molecule has 1 saturated heterocycles. The Morgan fingerprint density at radius 3 is 2.71 bits per heavy atom. The number of carbonyl (C=O) groups excluding carboxylic acids is 1. The minimum atomic E-state index is -1.06. The maximum Gasteiger partial charge on any atom is 0.326 e. The summed E-state index contributed by atoms with van der Waals surface area (Å²) < 4.78 is 0. The van der Waals surface area contributed by atoms with Gasteiger partial charge in [0.2, 0.25) is 5.91 Å². The molecule has 0 aromatic carbocycles. The monoisotopic (exact) mass is 202 g/mol. The topological polar surface area (TPSA) is 89.9 Å². The number of likely N-dealkylation sites (N-methyl/N-ethyl adjacent to an activating group) is 1. The minimum absolute atomic E-state index is 0.0938. The highest BCUT2D eigenvalue weighted by atomic mass is 16.4. The summed E-state index contributed by atoms with van der Waals surface area (Å²) in [5.41, 5.74) is 0. The number of nitrogens with zero attached hydrogens (tertiary/aromatic N) is 1. The predicted molar refractivity (Wildman–Crippen MR) is 47.7 cm³/mol. The molecule has 1 rings (SSSR count). The van der Waals surface area contributed by atoms with Gasteiger partial charge in [-0.1, -0.05) is 0 Å². The SMILES string of the molecule is CNCC(=O)N1C[C@H](O)C[C@H]1C(=O)O. The number of aliphatic hydroxyl groups excluding tert-OH is 1. The van der Waals surface area contributed by atoms with Crippen LogP contribution in [0.5, 0.6) is 0 Å². The zero-order valence-electron chi connectivity index (χ0n) is 7.93. The molecule has 1 amide bonds. The summed E-state index contributed by atoms with van der Waals surface area (Å²) in [5, 5.41) is 20.7. The van der Waals surface area contributed by atoms with E-state index in [4.69, 9.17) is 5.11 Å². The van der Waals surface area contributed by atoms with E-state index in [9.17, 15) is 14.7 Å². The fraction of sp³-hybridized carbons (Fsp3) is 0.750. The standard InChI is InChI=1S/C8H14N2O4/c1-9-3-7(12)10-4-5(11)2-6(10)8(13)14/h5-6,9,11H,2-4H2,1H3,(H,13,14)/t5-,6+/m1/s1. The van der Waals surface area contributed by atoms with Crippen LogP contribution in [0.15, 0.2) is 0 Å². The second-order valence-electron chi connectivity index (χ2n) is 3.32. The first kappa shape index (κ1) is 10.9. The Kier molecular flexibility index (Phi) is 3.43. The molecule has 80 valence electrons. The summed E-state index contributed by atoms with van der Waals surface area (Å²) in [7, 11) is 1.61. The van der Waals surface area contributed by atoms with Gasteiger partial charge in [-0.3, -0.25) is 4.79 Å². The molecule has 0 spiro atoms. The molecular formula is C8H14N2O4. The average Bonchev–Trinajstić information content (AvgIpc) is 2.48. The number of carboxylic acid groups (broad SMARTS) is 1. The Bertz CT molecular complexity index is 243. The molecule has 0 radical (unpaired) electrons. The summed E-state index contributed by atoms with van der Waals surface area (Å²) >= 11 is 0. The highest BCUT2D eigenvalue weighted by Crippen LogP contribution is 2.17. The molecule has 0 saturated carbocycles. The normalized spacial score (nSPS) is 26.6. The van der Waals surface area contributed by atoms with Crippen molar-refractivity contribution in [1.82, 2.24) is 10.2 Å². The molecule has 0 aromatic rings. The van der Waals surface area contributed by atoms with E-state index in [-0.39, 0.29) is 25.4 Å². The summed E-state index contributed by atoms with van der Waals surface area (Å²) in [6.45, 7) is 0.202. The number of carbonyl (C=O) groups is 2. The van der Waals surface area contributed by atoms with Gasteiger partial charge in [0.05, 0.1) is 12.6 Å². The molecule has 2 atom stereocenters. The Morgan fingerprint density at radius 1 is 1.57 bits per heavy atom. The second-order valence-corrected chi connectivity index (χ2v) is 3.32. The molecule has 0 unspecified atom stereocenters. The van der Waals surface area contributed by atoms with Crippen LogP contribution >= 0.6 is 0 Å². The molecule has 6 heteroatoms. The third kappa shape index (κ3) is 2.21. The van der Waals surface area contributed by atoms with Gasteiger partial charge in [-0.15, -0.1) is 0 Å². The fourth-order valence-electron chi connectivity index (χ4n) is 1.58. The van der Waals surface area contributed by atoms with Crippen LogP contribution in [0.4, 0.5) is 0 Å². The molecule has 1 fully saturated rings. The van der Waals surface area contributed by atoms with Crippen molar-refractivity contribution >= 4 is 11.9 Å². The minimum Gasteiger partial charge on any atom is -0.480 e. The lowest BCUT2D eigenvalue weighted by atomic mass is 10.2. The number of β-amino-alcohol motifs (C(OH)–C–C–N with tert-alkyl or cyclic N) is 1. The van der Waals surface area contributed by atoms with E-state index in [1.54, 1.807) is 7.05 Å². The summed E-state index contributed by atoms with van der Waals surface area (Å²) in [4.78, 5) is 23.3. The van der Waals surface area contributed by atoms with E-state index in [1.807, 2.05) is 0 Å². The van der Waals surface area contributed by atoms with Gasteiger partial charge in [0, 0.05) is 13.0 Å². The van der Waals surface area contributed by atoms with E-state index in [2.05, 4.69) is 5.32 Å². The Morgan fingerprint density at radius 2 is 2.21 bits per heavy atom. The van der Waals surface area contributed by atoms with Crippen molar-refractivity contribution < 1.29 is 19.8 Å². The lowest BCUT2D eigenvalue weighted by molar-refractivity contribution is -0.147. The van der Waals surface area contributed by atoms with Crippen molar-refractivity contribution in [2.45, 2.75) is 18.6 Å². The maximum atomic E-state index is 11.4. The predicted octanol–water partition coefficient (Wildman–Crippen LogP) is -1.75. The Hall–Kier alpha value is -1.14. The van der Waals surface area contributed by atoms with Crippen LogP contribution in [0.2, 0.25) is 0 Å². The Labute approximate surface area is 81.5 Å². The third-order valence-corrected chi connectivity index (χ3v) is 2.21. The molecule has 14 heavy (non-hydrogen) atoms. The molecule has 6 nitrogen and oxygen atoms in total. The van der Waals surface area contributed by atoms with E-state index in [0.29, 0.717) is 0 Å². The van der Waals surface area contributed by atoms with Gasteiger partial charge in [0.1, 0.15) is 6.04 Å². The van der Waals surface area contributed by atoms with E-state index < -0.39 is 18.1 Å². The van der Waals surface area contributed by atoms with E-state index in [0.717, 1.165) is 0 Å². The molecule has 0 aromatic heterocycles. The van der Waals surface area contributed by atoms with Crippen molar-refractivity contribution in [1.29, 1.82) is 0 Å². The number of amides is 1. The number of aliphatic carboxylic acids is 1. The van der Waals surface area contributed by atoms with Crippen LogP contribution in [0.25, 0.3) is 0 Å². The maximum absolute atomic E-state index is 11.4. The number of hydrogen-bond donors (Lipinski definition) is 3. The fourth-order valence-corrected chi connectivity index (χ4v) is 1.58. The smallest absolute Gasteiger partial charge is 0.326 e. The molecule has 1 heterocycles. The van der Waals surface area contributed by atoms with Crippen LogP contribution in [-0.2, 0) is 9.59 Å². The molecule has 0 bridgehead atoms. The zero-order chi connectivity index (χ0) is 10.7. The quantitative estimate of drug-likeness (QED) is 0.505. The zero-order valence-corrected chi connectivity index (χ0v) is 7.93. The van der Waals surface area contributed by atoms with Gasteiger partial charge in [-0.05, 0) is 7.05 Å². The highest BCUT2D eigenvalue weighted by molar-refractivity contribution is 5.85. The van der Waals surface area contributed by atoms with Crippen molar-refractivity contribution in [2.75, 3.05) is 20.1 Å². The first-order valence-electron chi connectivity index (χ1n) is 4.41. The van der Waals surface area contributed by atoms with Gasteiger partial charge in [0.25, 0.3) is 0 Å². The van der Waals surface area contributed by atoms with Crippen molar-refractivity contribution in [2.24, 2.45) is 0 Å². The van der Waals surface area contributed by atoms with E-state index >= 15 is 0 Å². The second kappa shape index (κ2) is 4.39. The van der Waals surface area contributed by atoms with Gasteiger partial charge in [0.15, 0.2) is 0 Å². The van der Waals surface area contributed by atoms with Crippen LogP contribution in [0, 0.1) is 0 Å². The van der Waals surface area contributed by atoms with Crippen LogP contribution in [0.3, 0.4) is 0 Å². The first-order valence-corrected chi connectivity index (χ1v) is 4.41. The first-order chi connectivity index (χ1) is 6.56. The number of carboxylic acids is 1. The Balaban J connectivity index is 2.66. The molecule has 1 aliphatic heterocycles. The highest BCUT2D eigenvalue weighted by Gasteiger charge is 2.38. The lowest BCUT2D eigenvalue weighted by Crippen LogP contribution is -2.44. The summed E-state index contributed by atoms with van der Waals surface area (Å²) in [5.74, 6) is -1.36. The van der Waals surface area contributed by atoms with Crippen molar-refractivity contribution in [3.8, 4) is 0 Å². The summed E-state index contributed by atoms with van der Waals surface area (Å²) in [6, 6.07) is -0.883. The van der Waals surface area contributed by atoms with Crippen molar-refractivity contribution in [3.05, 3.63) is 0 Å². The van der Waals surface area contributed by atoms with Gasteiger partial charge >= 0.3 is 5.97 Å². The van der Waals surface area contributed by atoms with Gasteiger partial charge in [-0.2, -0.15) is 0 Å². The largest absolute Gasteiger partial charge is 0.480 e. The molecule has 3 N–H and O–H groups in total. The van der Waals surface area contributed by atoms with Gasteiger partial charge < -0.3 is 20.4 Å². The lowest BCUT2D eigenvalue weighted by Gasteiger charge is -2.20. The molecule has 0 aliphatic carbocycles. The molecule has 1 aliphatic rings. The van der Waals surface area contributed by atoms with E-state index in [1.165, 1.54) is 4.90 Å². The van der Waals surface area contributed by atoms with Crippen molar-refractivity contribution in [3.63, 3.8) is 0 Å². The number of hydrogen-bond acceptors (Lipinski definition) is 4. The third-order valence-electron chi connectivity index (χ3n) is 2.21. The number of likely N-dealkylation sites (tertiary alicyclic amines) is 1. The van der Waals surface area contributed by atoms with Crippen LogP contribution in [-0.4, -0.2) is 59.3 Å². The van der Waals surface area contributed by atoms with Crippen LogP contribution in [0.1, 0.15) is 6.42 Å². The number of aliphatic hydroxyl groups is 1. The summed E-state index contributed by atoms with van der Waals surface area (Å²) in [6.07, 6.45) is -0.609. The van der Waals surface area contributed by atoms with Crippen LogP contribution < -0.4 is 5.32 Å².